The predicted molar refractivity (Wildman–Crippen MR) is 106 cm³/mol. The van der Waals surface area contributed by atoms with Crippen molar-refractivity contribution in [1.29, 1.82) is 0 Å². The maximum absolute atomic E-state index is 13.2. The molecular weight excluding hydrogens is 342 g/mol. The number of hydrogen-bond donors (Lipinski definition) is 1. The molecule has 2 aliphatic rings. The number of aliphatic carboxylic acids is 1. The Morgan fingerprint density at radius 1 is 1.26 bits per heavy atom. The van der Waals surface area contributed by atoms with E-state index in [0.717, 1.165) is 44.6 Å². The van der Waals surface area contributed by atoms with Gasteiger partial charge in [-0.05, 0) is 51.3 Å². The van der Waals surface area contributed by atoms with Crippen molar-refractivity contribution in [2.24, 2.45) is 0 Å². The summed E-state index contributed by atoms with van der Waals surface area (Å²) in [7, 11) is 0. The fourth-order valence-corrected chi connectivity index (χ4v) is 4.57. The fraction of sp³-hybridized carbons (Fsp3) is 0.619. The summed E-state index contributed by atoms with van der Waals surface area (Å²) in [5.41, 5.74) is 2.30. The molecule has 2 aliphatic heterocycles. The average Bonchev–Trinajstić information content (AvgIpc) is 3.00. The first-order valence-corrected chi connectivity index (χ1v) is 10.0. The van der Waals surface area contributed by atoms with Gasteiger partial charge in [-0.3, -0.25) is 19.4 Å². The van der Waals surface area contributed by atoms with Gasteiger partial charge in [0.15, 0.2) is 0 Å². The third-order valence-electron chi connectivity index (χ3n) is 6.11. The van der Waals surface area contributed by atoms with Gasteiger partial charge >= 0.3 is 5.97 Å². The van der Waals surface area contributed by atoms with Gasteiger partial charge in [0.1, 0.15) is 0 Å². The third-order valence-corrected chi connectivity index (χ3v) is 6.11. The molecule has 1 saturated heterocycles. The maximum Gasteiger partial charge on any atom is 0.317 e. The molecule has 0 aliphatic carbocycles. The van der Waals surface area contributed by atoms with Crippen LogP contribution >= 0.6 is 0 Å². The molecule has 2 unspecified atom stereocenters. The van der Waals surface area contributed by atoms with Crippen molar-refractivity contribution in [3.63, 3.8) is 0 Å². The van der Waals surface area contributed by atoms with E-state index in [9.17, 15) is 9.59 Å². The number of para-hydroxylation sites is 1. The summed E-state index contributed by atoms with van der Waals surface area (Å²) in [4.78, 5) is 30.5. The lowest BCUT2D eigenvalue weighted by atomic mass is 10.0. The highest BCUT2D eigenvalue weighted by Gasteiger charge is 2.36. The van der Waals surface area contributed by atoms with E-state index in [1.54, 1.807) is 0 Å². The Hall–Kier alpha value is -1.92. The van der Waals surface area contributed by atoms with Crippen LogP contribution in [0.4, 0.5) is 5.69 Å². The molecule has 0 radical (unpaired) electrons. The van der Waals surface area contributed by atoms with Gasteiger partial charge in [-0.2, -0.15) is 0 Å². The van der Waals surface area contributed by atoms with Crippen LogP contribution in [-0.2, 0) is 16.0 Å². The Balaban J connectivity index is 1.62. The van der Waals surface area contributed by atoms with Gasteiger partial charge in [0.25, 0.3) is 0 Å². The molecule has 3 rings (SSSR count). The maximum atomic E-state index is 13.2. The largest absolute Gasteiger partial charge is 0.480 e. The molecule has 6 heteroatoms. The molecule has 0 aromatic heterocycles. The number of piperidine rings is 1. The highest BCUT2D eigenvalue weighted by Crippen LogP contribution is 2.33. The van der Waals surface area contributed by atoms with E-state index in [1.165, 1.54) is 5.56 Å². The van der Waals surface area contributed by atoms with Crippen molar-refractivity contribution in [3.8, 4) is 0 Å². The number of benzene rings is 1. The second-order valence-corrected chi connectivity index (χ2v) is 7.79. The predicted octanol–water partition coefficient (Wildman–Crippen LogP) is 2.22. The van der Waals surface area contributed by atoms with Crippen molar-refractivity contribution in [3.05, 3.63) is 29.8 Å². The summed E-state index contributed by atoms with van der Waals surface area (Å²) in [5, 5.41) is 9.08. The van der Waals surface area contributed by atoms with Gasteiger partial charge in [0, 0.05) is 30.9 Å². The SMILES string of the molecule is CCN(CC(=O)O)C1CCN(C(C)C(=O)N2c3ccccc3CC2C)CC1. The number of carboxylic acids is 1. The van der Waals surface area contributed by atoms with E-state index in [4.69, 9.17) is 5.11 Å². The zero-order valence-corrected chi connectivity index (χ0v) is 16.6. The van der Waals surface area contributed by atoms with Crippen LogP contribution in [0.25, 0.3) is 0 Å². The zero-order chi connectivity index (χ0) is 19.6. The van der Waals surface area contributed by atoms with Crippen molar-refractivity contribution in [2.45, 2.75) is 58.2 Å². The van der Waals surface area contributed by atoms with Crippen LogP contribution in [0.3, 0.4) is 0 Å². The molecule has 6 nitrogen and oxygen atoms in total. The Kier molecular flexibility index (Phi) is 6.17. The van der Waals surface area contributed by atoms with Crippen molar-refractivity contribution >= 4 is 17.6 Å². The number of likely N-dealkylation sites (tertiary alicyclic amines) is 1. The Morgan fingerprint density at radius 3 is 2.56 bits per heavy atom. The van der Waals surface area contributed by atoms with Crippen LogP contribution in [-0.4, -0.2) is 71.1 Å². The number of carbonyl (C=O) groups excluding carboxylic acids is 1. The number of nitrogens with zero attached hydrogens (tertiary/aromatic N) is 3. The van der Waals surface area contributed by atoms with E-state index in [2.05, 4.69) is 17.9 Å². The van der Waals surface area contributed by atoms with Crippen LogP contribution in [0.15, 0.2) is 24.3 Å². The first-order chi connectivity index (χ1) is 12.9. The Labute approximate surface area is 161 Å². The van der Waals surface area contributed by atoms with Gasteiger partial charge in [-0.15, -0.1) is 0 Å². The molecule has 0 saturated carbocycles. The molecule has 148 valence electrons. The lowest BCUT2D eigenvalue weighted by molar-refractivity contribution is -0.139. The summed E-state index contributed by atoms with van der Waals surface area (Å²) in [6.07, 6.45) is 2.73. The molecule has 1 aromatic rings. The fourth-order valence-electron chi connectivity index (χ4n) is 4.57. The minimum atomic E-state index is -0.774. The minimum absolute atomic E-state index is 0.0950. The molecule has 1 aromatic carbocycles. The molecule has 2 heterocycles. The number of hydrogen-bond acceptors (Lipinski definition) is 4. The number of carbonyl (C=O) groups is 2. The lowest BCUT2D eigenvalue weighted by Crippen LogP contribution is -2.54. The summed E-state index contributed by atoms with van der Waals surface area (Å²) in [5.74, 6) is -0.603. The monoisotopic (exact) mass is 373 g/mol. The van der Waals surface area contributed by atoms with Crippen LogP contribution in [0.1, 0.15) is 39.2 Å². The Morgan fingerprint density at radius 2 is 1.93 bits per heavy atom. The summed E-state index contributed by atoms with van der Waals surface area (Å²) in [6, 6.07) is 8.50. The summed E-state index contributed by atoms with van der Waals surface area (Å²) >= 11 is 0. The van der Waals surface area contributed by atoms with Crippen LogP contribution in [0.5, 0.6) is 0 Å². The molecule has 1 fully saturated rings. The second-order valence-electron chi connectivity index (χ2n) is 7.79. The van der Waals surface area contributed by atoms with Gasteiger partial charge < -0.3 is 10.0 Å². The molecule has 1 amide bonds. The van der Waals surface area contributed by atoms with E-state index >= 15 is 0 Å². The topological polar surface area (TPSA) is 64.1 Å². The smallest absolute Gasteiger partial charge is 0.317 e. The van der Waals surface area contributed by atoms with Gasteiger partial charge in [-0.25, -0.2) is 0 Å². The number of carboxylic acid groups (broad SMARTS) is 1. The quantitative estimate of drug-likeness (QED) is 0.828. The van der Waals surface area contributed by atoms with E-state index < -0.39 is 5.97 Å². The van der Waals surface area contributed by atoms with Gasteiger partial charge in [0.05, 0.1) is 12.6 Å². The molecule has 2 atom stereocenters. The number of likely N-dealkylation sites (N-methyl/N-ethyl adjacent to an activating group) is 1. The third kappa shape index (κ3) is 4.17. The van der Waals surface area contributed by atoms with Crippen molar-refractivity contribution < 1.29 is 14.7 Å². The number of fused-ring (bicyclic) bond motifs is 1. The van der Waals surface area contributed by atoms with Gasteiger partial charge in [-0.1, -0.05) is 25.1 Å². The first kappa shape index (κ1) is 19.8. The van der Waals surface area contributed by atoms with Gasteiger partial charge in [0.2, 0.25) is 5.91 Å². The summed E-state index contributed by atoms with van der Waals surface area (Å²) in [6.45, 7) is 8.63. The van der Waals surface area contributed by atoms with Crippen molar-refractivity contribution in [2.75, 3.05) is 31.1 Å². The van der Waals surface area contributed by atoms with Crippen LogP contribution < -0.4 is 4.90 Å². The lowest BCUT2D eigenvalue weighted by Gasteiger charge is -2.40. The standard InChI is InChI=1S/C21H31N3O3/c1-4-22(14-20(25)26)18-9-11-23(12-10-18)16(3)21(27)24-15(2)13-17-7-5-6-8-19(17)24/h5-8,15-16,18H,4,9-14H2,1-3H3,(H,25,26). The molecule has 0 bridgehead atoms. The molecule has 27 heavy (non-hydrogen) atoms. The highest BCUT2D eigenvalue weighted by atomic mass is 16.4. The highest BCUT2D eigenvalue weighted by molar-refractivity contribution is 5.99. The normalized spacial score (nSPS) is 22.1. The summed E-state index contributed by atoms with van der Waals surface area (Å²) < 4.78 is 0. The molecular formula is C21H31N3O3. The first-order valence-electron chi connectivity index (χ1n) is 10.0. The number of amides is 1. The van der Waals surface area contributed by atoms with E-state index in [1.807, 2.05) is 41.8 Å². The molecule has 0 spiro atoms. The van der Waals surface area contributed by atoms with Crippen molar-refractivity contribution in [1.82, 2.24) is 9.80 Å². The van der Waals surface area contributed by atoms with E-state index in [-0.39, 0.29) is 30.6 Å². The Bertz CT molecular complexity index is 685. The van der Waals surface area contributed by atoms with E-state index in [0.29, 0.717) is 0 Å². The number of anilines is 1. The van der Waals surface area contributed by atoms with Crippen LogP contribution in [0, 0.1) is 0 Å². The zero-order valence-electron chi connectivity index (χ0n) is 16.6. The van der Waals surface area contributed by atoms with Crippen LogP contribution in [0.2, 0.25) is 0 Å². The average molecular weight is 373 g/mol. The second kappa shape index (κ2) is 8.40. The minimum Gasteiger partial charge on any atom is -0.480 e. The molecule has 1 N–H and O–H groups in total. The number of rotatable bonds is 6.